The number of benzene rings is 1. The van der Waals surface area contributed by atoms with Gasteiger partial charge in [0, 0.05) is 6.07 Å². The van der Waals surface area contributed by atoms with Crippen LogP contribution >= 0.6 is 0 Å². The maximum atomic E-state index is 11.9. The lowest BCUT2D eigenvalue weighted by Crippen LogP contribution is -2.17. The highest BCUT2D eigenvalue weighted by molar-refractivity contribution is 7.89. The average molecular weight is 303 g/mol. The van der Waals surface area contributed by atoms with Gasteiger partial charge in [-0.1, -0.05) is 0 Å². The molecule has 0 unspecified atom stereocenters. The Kier molecular flexibility index (Phi) is 4.96. The van der Waals surface area contributed by atoms with Gasteiger partial charge in [0.25, 0.3) is 0 Å². The van der Waals surface area contributed by atoms with Crippen LogP contribution in [0.5, 0.6) is 11.5 Å². The summed E-state index contributed by atoms with van der Waals surface area (Å²) in [5.74, 6) is -0.574. The summed E-state index contributed by atoms with van der Waals surface area (Å²) in [6.07, 6.45) is -0.354. The first-order valence-corrected chi connectivity index (χ1v) is 7.25. The molecule has 0 bridgehead atoms. The molecule has 0 atom stereocenters. The van der Waals surface area contributed by atoms with Crippen molar-refractivity contribution >= 4 is 16.0 Å². The number of carbonyl (C=O) groups is 1. The number of esters is 1. The van der Waals surface area contributed by atoms with E-state index in [2.05, 4.69) is 0 Å². The normalized spacial score (nSPS) is 11.3. The molecule has 8 heteroatoms. The zero-order chi connectivity index (χ0) is 15.5. The number of primary sulfonamides is 1. The highest BCUT2D eigenvalue weighted by Gasteiger charge is 2.23. The molecule has 0 fully saturated rings. The van der Waals surface area contributed by atoms with Crippen LogP contribution in [0.15, 0.2) is 17.0 Å². The SMILES string of the molecule is COc1cc(OC)c(S(N)(=O)=O)cc1C(=O)OC(C)C. The molecule has 0 aromatic heterocycles. The Morgan fingerprint density at radius 1 is 1.15 bits per heavy atom. The number of carbonyl (C=O) groups excluding carboxylic acids is 1. The van der Waals surface area contributed by atoms with Gasteiger partial charge >= 0.3 is 5.97 Å². The number of methoxy groups -OCH3 is 2. The molecule has 0 aliphatic rings. The van der Waals surface area contributed by atoms with Crippen molar-refractivity contribution in [1.29, 1.82) is 0 Å². The van der Waals surface area contributed by atoms with Crippen molar-refractivity contribution in [2.45, 2.75) is 24.8 Å². The van der Waals surface area contributed by atoms with Crippen molar-refractivity contribution in [3.63, 3.8) is 0 Å². The van der Waals surface area contributed by atoms with Gasteiger partial charge in [0.2, 0.25) is 10.0 Å². The molecule has 1 aromatic carbocycles. The summed E-state index contributed by atoms with van der Waals surface area (Å²) in [5, 5.41) is 5.09. The number of nitrogens with two attached hydrogens (primary N) is 1. The topological polar surface area (TPSA) is 105 Å². The predicted molar refractivity (Wildman–Crippen MR) is 71.5 cm³/mol. The van der Waals surface area contributed by atoms with Crippen LogP contribution in [0, 0.1) is 0 Å². The third-order valence-electron chi connectivity index (χ3n) is 2.35. The molecule has 0 saturated carbocycles. The first-order valence-electron chi connectivity index (χ1n) is 5.70. The van der Waals surface area contributed by atoms with Crippen LogP contribution in [0.4, 0.5) is 0 Å². The van der Waals surface area contributed by atoms with Crippen molar-refractivity contribution in [3.8, 4) is 11.5 Å². The van der Waals surface area contributed by atoms with Crippen molar-refractivity contribution in [1.82, 2.24) is 0 Å². The van der Waals surface area contributed by atoms with Gasteiger partial charge in [-0.25, -0.2) is 18.4 Å². The second-order valence-electron chi connectivity index (χ2n) is 4.20. The number of sulfonamides is 1. The Labute approximate surface area is 117 Å². The van der Waals surface area contributed by atoms with E-state index in [0.29, 0.717) is 0 Å². The third kappa shape index (κ3) is 3.61. The molecule has 0 amide bonds. The van der Waals surface area contributed by atoms with Crippen LogP contribution < -0.4 is 14.6 Å². The quantitative estimate of drug-likeness (QED) is 0.811. The smallest absolute Gasteiger partial charge is 0.342 e. The van der Waals surface area contributed by atoms with Gasteiger partial charge in [-0.05, 0) is 19.9 Å². The van der Waals surface area contributed by atoms with Gasteiger partial charge in [0.15, 0.2) is 0 Å². The lowest BCUT2D eigenvalue weighted by atomic mass is 10.2. The van der Waals surface area contributed by atoms with E-state index in [1.807, 2.05) is 0 Å². The lowest BCUT2D eigenvalue weighted by molar-refractivity contribution is 0.0374. The summed E-state index contributed by atoms with van der Waals surface area (Å²) in [6.45, 7) is 3.35. The van der Waals surface area contributed by atoms with Crippen LogP contribution in [0.3, 0.4) is 0 Å². The van der Waals surface area contributed by atoms with Gasteiger partial charge in [0.05, 0.1) is 20.3 Å². The van der Waals surface area contributed by atoms with Crippen LogP contribution in [0.1, 0.15) is 24.2 Å². The molecule has 2 N–H and O–H groups in total. The molecule has 1 aromatic rings. The first kappa shape index (κ1) is 16.3. The van der Waals surface area contributed by atoms with E-state index in [0.717, 1.165) is 6.07 Å². The zero-order valence-corrected chi connectivity index (χ0v) is 12.5. The minimum absolute atomic E-state index is 0.00885. The summed E-state index contributed by atoms with van der Waals surface area (Å²) in [7, 11) is -1.41. The molecule has 0 spiro atoms. The maximum absolute atomic E-state index is 11.9. The van der Waals surface area contributed by atoms with Gasteiger partial charge in [0.1, 0.15) is 22.0 Å². The van der Waals surface area contributed by atoms with Crippen LogP contribution in [-0.4, -0.2) is 34.7 Å². The van der Waals surface area contributed by atoms with E-state index in [-0.39, 0.29) is 28.1 Å². The summed E-state index contributed by atoms with van der Waals surface area (Å²) in [4.78, 5) is 11.6. The standard InChI is InChI=1S/C12H17NO6S/c1-7(2)19-12(14)8-5-11(20(13,15)16)10(18-4)6-9(8)17-3/h5-7H,1-4H3,(H2,13,15,16). The van der Waals surface area contributed by atoms with Gasteiger partial charge < -0.3 is 14.2 Å². The maximum Gasteiger partial charge on any atom is 0.342 e. The minimum Gasteiger partial charge on any atom is -0.496 e. The van der Waals surface area contributed by atoms with Crippen molar-refractivity contribution in [2.75, 3.05) is 14.2 Å². The highest BCUT2D eigenvalue weighted by atomic mass is 32.2. The molecule has 0 radical (unpaired) electrons. The molecule has 0 heterocycles. The largest absolute Gasteiger partial charge is 0.496 e. The fourth-order valence-corrected chi connectivity index (χ4v) is 2.23. The van der Waals surface area contributed by atoms with Crippen LogP contribution in [0.25, 0.3) is 0 Å². The fourth-order valence-electron chi connectivity index (χ4n) is 1.53. The Morgan fingerprint density at radius 3 is 2.10 bits per heavy atom. The van der Waals surface area contributed by atoms with Gasteiger partial charge in [-0.15, -0.1) is 0 Å². The van der Waals surface area contributed by atoms with E-state index in [9.17, 15) is 13.2 Å². The van der Waals surface area contributed by atoms with Crippen molar-refractivity contribution < 1.29 is 27.4 Å². The average Bonchev–Trinajstić information content (AvgIpc) is 2.34. The Balaban J connectivity index is 3.47. The van der Waals surface area contributed by atoms with E-state index in [1.165, 1.54) is 20.3 Å². The molecule has 0 saturated heterocycles. The van der Waals surface area contributed by atoms with Crippen molar-refractivity contribution in [3.05, 3.63) is 17.7 Å². The summed E-state index contributed by atoms with van der Waals surface area (Å²) >= 11 is 0. The fraction of sp³-hybridized carbons (Fsp3) is 0.417. The Morgan fingerprint density at radius 2 is 1.70 bits per heavy atom. The van der Waals surface area contributed by atoms with Crippen molar-refractivity contribution in [2.24, 2.45) is 5.14 Å². The minimum atomic E-state index is -4.04. The molecule has 20 heavy (non-hydrogen) atoms. The number of rotatable bonds is 5. The van der Waals surface area contributed by atoms with E-state index >= 15 is 0 Å². The molecule has 0 aliphatic carbocycles. The van der Waals surface area contributed by atoms with Crippen LogP contribution in [0.2, 0.25) is 0 Å². The first-order chi connectivity index (χ1) is 9.20. The molecule has 7 nitrogen and oxygen atoms in total. The summed E-state index contributed by atoms with van der Waals surface area (Å²) in [6, 6.07) is 2.36. The second-order valence-corrected chi connectivity index (χ2v) is 5.73. The second kappa shape index (κ2) is 6.10. The molecular formula is C12H17NO6S. The van der Waals surface area contributed by atoms with Crippen LogP contribution in [-0.2, 0) is 14.8 Å². The molecular weight excluding hydrogens is 286 g/mol. The van der Waals surface area contributed by atoms with E-state index < -0.39 is 16.0 Å². The number of hydrogen-bond donors (Lipinski definition) is 1. The van der Waals surface area contributed by atoms with E-state index in [1.54, 1.807) is 13.8 Å². The predicted octanol–water partition coefficient (Wildman–Crippen LogP) is 0.916. The number of hydrogen-bond acceptors (Lipinski definition) is 6. The third-order valence-corrected chi connectivity index (χ3v) is 3.29. The van der Waals surface area contributed by atoms with Gasteiger partial charge in [-0.2, -0.15) is 0 Å². The highest BCUT2D eigenvalue weighted by Crippen LogP contribution is 2.32. The lowest BCUT2D eigenvalue weighted by Gasteiger charge is -2.14. The molecule has 112 valence electrons. The summed E-state index contributed by atoms with van der Waals surface area (Å²) in [5.41, 5.74) is -0.0361. The van der Waals surface area contributed by atoms with E-state index in [4.69, 9.17) is 19.3 Å². The molecule has 1 rings (SSSR count). The van der Waals surface area contributed by atoms with Gasteiger partial charge in [-0.3, -0.25) is 0 Å². The number of ether oxygens (including phenoxy) is 3. The molecule has 0 aliphatic heterocycles. The Hall–Kier alpha value is -1.80. The summed E-state index contributed by atoms with van der Waals surface area (Å²) < 4.78 is 38.0. The monoisotopic (exact) mass is 303 g/mol. The Bertz CT molecular complexity index is 609. The zero-order valence-electron chi connectivity index (χ0n) is 11.7.